The van der Waals surface area contributed by atoms with E-state index in [4.69, 9.17) is 5.73 Å². The van der Waals surface area contributed by atoms with E-state index in [0.29, 0.717) is 11.2 Å². The monoisotopic (exact) mass is 313 g/mol. The van der Waals surface area contributed by atoms with Crippen LogP contribution in [0.2, 0.25) is 0 Å². The molecule has 0 atom stereocenters. The number of imide groups is 1. The van der Waals surface area contributed by atoms with Crippen molar-refractivity contribution in [2.45, 2.75) is 6.42 Å². The molecule has 8 nitrogen and oxygen atoms in total. The Labute approximate surface area is 132 Å². The minimum atomic E-state index is -0.638. The summed E-state index contributed by atoms with van der Waals surface area (Å²) in [5.41, 5.74) is 7.38. The van der Waals surface area contributed by atoms with Gasteiger partial charge in [0.15, 0.2) is 0 Å². The Kier molecular flexibility index (Phi) is 3.97. The van der Waals surface area contributed by atoms with Crippen molar-refractivity contribution in [2.75, 3.05) is 24.7 Å². The van der Waals surface area contributed by atoms with E-state index in [9.17, 15) is 14.7 Å². The molecule has 118 valence electrons. The van der Waals surface area contributed by atoms with Crippen molar-refractivity contribution in [3.63, 3.8) is 0 Å². The lowest BCUT2D eigenvalue weighted by Gasteiger charge is -2.32. The Morgan fingerprint density at radius 3 is 2.96 bits per heavy atom. The van der Waals surface area contributed by atoms with Crippen LogP contribution in [0, 0.1) is 11.8 Å². The molecule has 0 aromatic carbocycles. The fourth-order valence-corrected chi connectivity index (χ4v) is 2.46. The highest BCUT2D eigenvalue weighted by Gasteiger charge is 2.33. The van der Waals surface area contributed by atoms with E-state index in [0.717, 1.165) is 10.5 Å². The van der Waals surface area contributed by atoms with Crippen LogP contribution in [0.25, 0.3) is 5.52 Å². The lowest BCUT2D eigenvalue weighted by atomic mass is 10.2. The van der Waals surface area contributed by atoms with Crippen molar-refractivity contribution in [1.82, 2.24) is 14.5 Å². The molecule has 1 fully saturated rings. The first kappa shape index (κ1) is 15.0. The first-order chi connectivity index (χ1) is 11.2. The largest absolute Gasteiger partial charge is 0.376 e. The van der Waals surface area contributed by atoms with Crippen LogP contribution in [0.5, 0.6) is 0 Å². The molecule has 1 saturated heterocycles. The molecule has 2 aromatic rings. The molecule has 0 spiro atoms. The van der Waals surface area contributed by atoms with E-state index in [-0.39, 0.29) is 25.4 Å². The smallest absolute Gasteiger partial charge is 0.333 e. The quantitative estimate of drug-likeness (QED) is 0.744. The zero-order valence-electron chi connectivity index (χ0n) is 12.3. The van der Waals surface area contributed by atoms with Gasteiger partial charge >= 0.3 is 6.03 Å². The van der Waals surface area contributed by atoms with Gasteiger partial charge in [-0.25, -0.2) is 14.2 Å². The molecule has 3 heterocycles. The summed E-state index contributed by atoms with van der Waals surface area (Å²) in [6.07, 6.45) is 3.44. The summed E-state index contributed by atoms with van der Waals surface area (Å²) in [4.78, 5) is 26.3. The Morgan fingerprint density at radius 1 is 1.39 bits per heavy atom. The van der Waals surface area contributed by atoms with E-state index in [1.54, 1.807) is 29.0 Å². The summed E-state index contributed by atoms with van der Waals surface area (Å²) in [6.45, 7) is -0.135. The van der Waals surface area contributed by atoms with Crippen LogP contribution in [0.4, 0.5) is 10.5 Å². The molecule has 3 rings (SSSR count). The van der Waals surface area contributed by atoms with Crippen LogP contribution in [-0.4, -0.2) is 51.4 Å². The summed E-state index contributed by atoms with van der Waals surface area (Å²) in [5.74, 6) is 5.31. The van der Waals surface area contributed by atoms with Crippen LogP contribution < -0.4 is 10.6 Å². The van der Waals surface area contributed by atoms with Gasteiger partial charge in [-0.2, -0.15) is 5.10 Å². The van der Waals surface area contributed by atoms with Crippen molar-refractivity contribution in [3.8, 4) is 11.8 Å². The number of fused-ring (bicyclic) bond motifs is 1. The second-order valence-electron chi connectivity index (χ2n) is 4.93. The minimum Gasteiger partial charge on any atom is -0.376 e. The standard InChI is InChI=1S/C15H15N5O3/c16-5-1-2-11-3-7-20-12(8-11)13(9-17-20)18-6-4-14(22)19(10-21)15(18)23/h3,7-9,21H,4-6,10,16H2. The zero-order chi connectivity index (χ0) is 16.4. The lowest BCUT2D eigenvalue weighted by molar-refractivity contribution is -0.131. The third-order valence-electron chi connectivity index (χ3n) is 3.58. The summed E-state index contributed by atoms with van der Waals surface area (Å²) < 4.78 is 1.62. The molecule has 0 saturated carbocycles. The van der Waals surface area contributed by atoms with Gasteiger partial charge in [-0.1, -0.05) is 11.8 Å². The third kappa shape index (κ3) is 2.63. The first-order valence-corrected chi connectivity index (χ1v) is 7.04. The zero-order valence-corrected chi connectivity index (χ0v) is 12.3. The number of hydrogen-bond donors (Lipinski definition) is 2. The number of nitrogens with two attached hydrogens (primary N) is 1. The fourth-order valence-electron chi connectivity index (χ4n) is 2.46. The molecule has 1 aliphatic heterocycles. The van der Waals surface area contributed by atoms with Gasteiger partial charge in [-0.05, 0) is 12.1 Å². The molecule has 0 unspecified atom stereocenters. The number of rotatable bonds is 2. The molecule has 8 heteroatoms. The van der Waals surface area contributed by atoms with Crippen molar-refractivity contribution in [2.24, 2.45) is 5.73 Å². The van der Waals surface area contributed by atoms with E-state index >= 15 is 0 Å². The summed E-state index contributed by atoms with van der Waals surface area (Å²) in [7, 11) is 0. The predicted octanol–water partition coefficient (Wildman–Crippen LogP) is -0.247. The number of hydrogen-bond acceptors (Lipinski definition) is 5. The first-order valence-electron chi connectivity index (χ1n) is 7.04. The lowest BCUT2D eigenvalue weighted by Crippen LogP contribution is -2.52. The number of anilines is 1. The second-order valence-corrected chi connectivity index (χ2v) is 4.93. The van der Waals surface area contributed by atoms with E-state index in [1.807, 2.05) is 0 Å². The van der Waals surface area contributed by atoms with Gasteiger partial charge in [0.25, 0.3) is 0 Å². The van der Waals surface area contributed by atoms with Crippen LogP contribution in [0.3, 0.4) is 0 Å². The highest BCUT2D eigenvalue weighted by molar-refractivity contribution is 6.07. The SMILES string of the molecule is NCC#Cc1ccn2ncc(N3CCC(=O)N(CO)C3=O)c2c1. The normalized spacial score (nSPS) is 15.0. The Balaban J connectivity index is 2.02. The number of nitrogens with zero attached hydrogens (tertiary/aromatic N) is 4. The molecular formula is C15H15N5O3. The van der Waals surface area contributed by atoms with Crippen LogP contribution in [0.15, 0.2) is 24.5 Å². The molecule has 2 aromatic heterocycles. The van der Waals surface area contributed by atoms with Crippen LogP contribution in [0.1, 0.15) is 12.0 Å². The number of carbonyl (C=O) groups excluding carboxylic acids is 2. The van der Waals surface area contributed by atoms with E-state index in [1.165, 1.54) is 4.90 Å². The third-order valence-corrected chi connectivity index (χ3v) is 3.58. The summed E-state index contributed by atoms with van der Waals surface area (Å²) in [5, 5.41) is 13.4. The number of carbonyl (C=O) groups is 2. The molecule has 1 aliphatic rings. The van der Waals surface area contributed by atoms with Crippen molar-refractivity contribution in [1.29, 1.82) is 0 Å². The molecule has 23 heavy (non-hydrogen) atoms. The van der Waals surface area contributed by atoms with Crippen LogP contribution >= 0.6 is 0 Å². The number of pyridine rings is 1. The van der Waals surface area contributed by atoms with Gasteiger partial charge in [0.1, 0.15) is 6.73 Å². The maximum Gasteiger partial charge on any atom is 0.333 e. The van der Waals surface area contributed by atoms with Gasteiger partial charge in [0.2, 0.25) is 5.91 Å². The van der Waals surface area contributed by atoms with Gasteiger partial charge in [-0.15, -0.1) is 0 Å². The van der Waals surface area contributed by atoms with E-state index in [2.05, 4.69) is 16.9 Å². The summed E-state index contributed by atoms with van der Waals surface area (Å²) in [6, 6.07) is 3.04. The maximum absolute atomic E-state index is 12.4. The fraction of sp³-hybridized carbons (Fsp3) is 0.267. The van der Waals surface area contributed by atoms with Gasteiger partial charge in [0, 0.05) is 24.7 Å². The highest BCUT2D eigenvalue weighted by atomic mass is 16.3. The van der Waals surface area contributed by atoms with Crippen molar-refractivity contribution in [3.05, 3.63) is 30.1 Å². The number of amides is 3. The van der Waals surface area contributed by atoms with Crippen molar-refractivity contribution < 1.29 is 14.7 Å². The predicted molar refractivity (Wildman–Crippen MR) is 82.4 cm³/mol. The van der Waals surface area contributed by atoms with Crippen molar-refractivity contribution >= 4 is 23.1 Å². The molecule has 0 aliphatic carbocycles. The van der Waals surface area contributed by atoms with Gasteiger partial charge in [-0.3, -0.25) is 9.69 Å². The Morgan fingerprint density at radius 2 is 2.22 bits per heavy atom. The minimum absolute atomic E-state index is 0.149. The Bertz CT molecular complexity index is 832. The number of aromatic nitrogens is 2. The molecular weight excluding hydrogens is 298 g/mol. The summed E-state index contributed by atoms with van der Waals surface area (Å²) >= 11 is 0. The number of urea groups is 1. The Hall–Kier alpha value is -2.89. The number of aliphatic hydroxyl groups excluding tert-OH is 1. The maximum atomic E-state index is 12.4. The molecule has 3 amide bonds. The molecule has 0 bridgehead atoms. The second kappa shape index (κ2) is 6.08. The topological polar surface area (TPSA) is 104 Å². The number of aliphatic hydroxyl groups is 1. The molecule has 0 radical (unpaired) electrons. The van der Waals surface area contributed by atoms with Gasteiger partial charge < -0.3 is 10.8 Å². The highest BCUT2D eigenvalue weighted by Crippen LogP contribution is 2.26. The van der Waals surface area contributed by atoms with Gasteiger partial charge in [0.05, 0.1) is 23.9 Å². The van der Waals surface area contributed by atoms with E-state index < -0.39 is 12.8 Å². The average molecular weight is 313 g/mol. The molecule has 3 N–H and O–H groups in total. The average Bonchev–Trinajstić information content (AvgIpc) is 2.96. The van der Waals surface area contributed by atoms with Crippen LogP contribution in [-0.2, 0) is 4.79 Å².